The molecule has 0 spiro atoms. The van der Waals surface area contributed by atoms with Gasteiger partial charge in [0.2, 0.25) is 5.91 Å². The van der Waals surface area contributed by atoms with Crippen molar-refractivity contribution in [3.8, 4) is 5.75 Å². The van der Waals surface area contributed by atoms with Gasteiger partial charge in [0.1, 0.15) is 5.75 Å². The quantitative estimate of drug-likeness (QED) is 0.746. The molecule has 0 bridgehead atoms. The van der Waals surface area contributed by atoms with Crippen molar-refractivity contribution in [2.75, 3.05) is 14.2 Å². The molecule has 0 aromatic heterocycles. The zero-order valence-corrected chi connectivity index (χ0v) is 14.9. The third-order valence-corrected chi connectivity index (χ3v) is 4.86. The van der Waals surface area contributed by atoms with Gasteiger partial charge >= 0.3 is 0 Å². The number of ether oxygens (including phenoxy) is 1. The fourth-order valence-corrected chi connectivity index (χ4v) is 3.32. The molecule has 2 rings (SSSR count). The van der Waals surface area contributed by atoms with E-state index in [2.05, 4.69) is 19.1 Å². The Morgan fingerprint density at radius 3 is 2.43 bits per heavy atom. The van der Waals surface area contributed by atoms with Crippen LogP contribution in [0.3, 0.4) is 0 Å². The van der Waals surface area contributed by atoms with Crippen molar-refractivity contribution >= 4 is 17.7 Å². The Hall–Kier alpha value is -1.94. The van der Waals surface area contributed by atoms with Gasteiger partial charge in [0.15, 0.2) is 0 Å². The van der Waals surface area contributed by atoms with E-state index in [-0.39, 0.29) is 11.2 Å². The van der Waals surface area contributed by atoms with E-state index in [9.17, 15) is 4.79 Å². The topological polar surface area (TPSA) is 29.5 Å². The maximum atomic E-state index is 12.6. The Morgan fingerprint density at radius 2 is 1.83 bits per heavy atom. The first kappa shape index (κ1) is 17.4. The van der Waals surface area contributed by atoms with Crippen LogP contribution in [0.25, 0.3) is 0 Å². The van der Waals surface area contributed by atoms with E-state index in [1.807, 2.05) is 50.4 Å². The van der Waals surface area contributed by atoms with E-state index in [0.717, 1.165) is 10.6 Å². The Morgan fingerprint density at radius 1 is 1.17 bits per heavy atom. The van der Waals surface area contributed by atoms with Crippen LogP contribution in [-0.2, 0) is 11.3 Å². The maximum Gasteiger partial charge on any atom is 0.235 e. The van der Waals surface area contributed by atoms with Crippen molar-refractivity contribution in [2.24, 2.45) is 0 Å². The van der Waals surface area contributed by atoms with Gasteiger partial charge in [-0.1, -0.05) is 24.3 Å². The van der Waals surface area contributed by atoms with Gasteiger partial charge in [-0.15, -0.1) is 11.8 Å². The molecule has 122 valence electrons. The summed E-state index contributed by atoms with van der Waals surface area (Å²) in [6.07, 6.45) is 0. The number of benzene rings is 2. The molecule has 0 saturated heterocycles. The van der Waals surface area contributed by atoms with Crippen LogP contribution in [-0.4, -0.2) is 30.2 Å². The van der Waals surface area contributed by atoms with Crippen LogP contribution in [0.2, 0.25) is 0 Å². The second-order valence-corrected chi connectivity index (χ2v) is 6.97. The molecule has 2 aromatic carbocycles. The lowest BCUT2D eigenvalue weighted by atomic mass is 10.1. The molecule has 0 fully saturated rings. The van der Waals surface area contributed by atoms with Crippen molar-refractivity contribution in [3.05, 3.63) is 59.7 Å². The fourth-order valence-electron chi connectivity index (χ4n) is 2.34. The summed E-state index contributed by atoms with van der Waals surface area (Å²) in [5, 5.41) is -0.127. The predicted molar refractivity (Wildman–Crippen MR) is 96.0 cm³/mol. The van der Waals surface area contributed by atoms with Crippen molar-refractivity contribution < 1.29 is 9.53 Å². The highest BCUT2D eigenvalue weighted by Crippen LogP contribution is 2.26. The van der Waals surface area contributed by atoms with E-state index in [4.69, 9.17) is 4.74 Å². The number of nitrogens with zero attached hydrogens (tertiary/aromatic N) is 1. The van der Waals surface area contributed by atoms with Gasteiger partial charge in [0, 0.05) is 18.5 Å². The summed E-state index contributed by atoms with van der Waals surface area (Å²) in [4.78, 5) is 15.4. The lowest BCUT2D eigenvalue weighted by Crippen LogP contribution is -2.32. The first-order valence-electron chi connectivity index (χ1n) is 7.61. The number of hydrogen-bond acceptors (Lipinski definition) is 3. The van der Waals surface area contributed by atoms with Crippen LogP contribution < -0.4 is 4.74 Å². The van der Waals surface area contributed by atoms with Crippen LogP contribution >= 0.6 is 11.8 Å². The highest BCUT2D eigenvalue weighted by atomic mass is 32.2. The first-order valence-corrected chi connectivity index (χ1v) is 8.49. The average molecular weight is 329 g/mol. The monoisotopic (exact) mass is 329 g/mol. The second kappa shape index (κ2) is 8.06. The van der Waals surface area contributed by atoms with Crippen molar-refractivity contribution in [1.29, 1.82) is 0 Å². The van der Waals surface area contributed by atoms with Crippen LogP contribution in [0.4, 0.5) is 0 Å². The fraction of sp³-hybridized carbons (Fsp3) is 0.316. The van der Waals surface area contributed by atoms with Gasteiger partial charge in [-0.25, -0.2) is 0 Å². The number of aryl methyl sites for hydroxylation is 1. The number of carbonyl (C=O) groups excluding carboxylic acids is 1. The second-order valence-electron chi connectivity index (χ2n) is 5.56. The minimum absolute atomic E-state index is 0.127. The molecule has 0 aliphatic rings. The number of rotatable bonds is 6. The zero-order valence-electron chi connectivity index (χ0n) is 14.1. The molecule has 4 heteroatoms. The summed E-state index contributed by atoms with van der Waals surface area (Å²) in [7, 11) is 3.51. The minimum Gasteiger partial charge on any atom is -0.497 e. The summed E-state index contributed by atoms with van der Waals surface area (Å²) in [6.45, 7) is 4.66. The number of methoxy groups -OCH3 is 1. The molecule has 23 heavy (non-hydrogen) atoms. The number of hydrogen-bond donors (Lipinski definition) is 0. The van der Waals surface area contributed by atoms with Crippen molar-refractivity contribution in [1.82, 2.24) is 4.90 Å². The van der Waals surface area contributed by atoms with Crippen molar-refractivity contribution in [2.45, 2.75) is 30.5 Å². The molecule has 0 aliphatic heterocycles. The Balaban J connectivity index is 1.96. The predicted octanol–water partition coefficient (Wildman–Crippen LogP) is 4.14. The molecule has 0 radical (unpaired) electrons. The minimum atomic E-state index is -0.127. The van der Waals surface area contributed by atoms with E-state index < -0.39 is 0 Å². The smallest absolute Gasteiger partial charge is 0.235 e. The molecule has 1 amide bonds. The van der Waals surface area contributed by atoms with Crippen LogP contribution in [0, 0.1) is 6.92 Å². The molecule has 0 heterocycles. The third-order valence-electron chi connectivity index (χ3n) is 3.77. The average Bonchev–Trinajstić information content (AvgIpc) is 2.56. The Bertz CT molecular complexity index is 655. The first-order chi connectivity index (χ1) is 11.0. The largest absolute Gasteiger partial charge is 0.497 e. The van der Waals surface area contributed by atoms with Crippen LogP contribution in [0.1, 0.15) is 18.1 Å². The molecule has 2 aromatic rings. The normalized spacial score (nSPS) is 11.8. The molecule has 3 nitrogen and oxygen atoms in total. The summed E-state index contributed by atoms with van der Waals surface area (Å²) in [5.41, 5.74) is 2.40. The highest BCUT2D eigenvalue weighted by molar-refractivity contribution is 8.00. The van der Waals surface area contributed by atoms with Gasteiger partial charge in [0.05, 0.1) is 12.4 Å². The summed E-state index contributed by atoms with van der Waals surface area (Å²) >= 11 is 1.57. The van der Waals surface area contributed by atoms with Gasteiger partial charge in [-0.05, 0) is 49.2 Å². The van der Waals surface area contributed by atoms with E-state index in [1.165, 1.54) is 11.1 Å². The van der Waals surface area contributed by atoms with Crippen molar-refractivity contribution in [3.63, 3.8) is 0 Å². The van der Waals surface area contributed by atoms with Crippen LogP contribution in [0.5, 0.6) is 5.75 Å². The molecular weight excluding hydrogens is 306 g/mol. The summed E-state index contributed by atoms with van der Waals surface area (Å²) in [6, 6.07) is 16.0. The van der Waals surface area contributed by atoms with Gasteiger partial charge in [-0.2, -0.15) is 0 Å². The summed E-state index contributed by atoms with van der Waals surface area (Å²) in [5.74, 6) is 0.957. The number of thioether (sulfide) groups is 1. The zero-order chi connectivity index (χ0) is 16.8. The van der Waals surface area contributed by atoms with Gasteiger partial charge in [0.25, 0.3) is 0 Å². The Labute approximate surface area is 142 Å². The SMILES string of the molecule is COc1ccc(SC(C)C(=O)N(C)Cc2ccccc2C)cc1. The van der Waals surface area contributed by atoms with E-state index >= 15 is 0 Å². The Kier molecular flexibility index (Phi) is 6.11. The molecular formula is C19H23NO2S. The standard InChI is InChI=1S/C19H23NO2S/c1-14-7-5-6-8-16(14)13-20(3)19(21)15(2)23-18-11-9-17(22-4)10-12-18/h5-12,15H,13H2,1-4H3. The third kappa shape index (κ3) is 4.76. The molecule has 0 aliphatic carbocycles. The molecule has 0 saturated carbocycles. The maximum absolute atomic E-state index is 12.6. The van der Waals surface area contributed by atoms with Crippen LogP contribution in [0.15, 0.2) is 53.4 Å². The molecule has 1 unspecified atom stereocenters. The highest BCUT2D eigenvalue weighted by Gasteiger charge is 2.19. The van der Waals surface area contributed by atoms with Gasteiger partial charge < -0.3 is 9.64 Å². The van der Waals surface area contributed by atoms with E-state index in [0.29, 0.717) is 6.54 Å². The molecule has 0 N–H and O–H groups in total. The number of amides is 1. The lowest BCUT2D eigenvalue weighted by molar-refractivity contribution is -0.129. The van der Waals surface area contributed by atoms with E-state index in [1.54, 1.807) is 23.8 Å². The number of carbonyl (C=O) groups is 1. The summed E-state index contributed by atoms with van der Waals surface area (Å²) < 4.78 is 5.15. The van der Waals surface area contributed by atoms with Gasteiger partial charge in [-0.3, -0.25) is 4.79 Å². The molecule has 1 atom stereocenters. The lowest BCUT2D eigenvalue weighted by Gasteiger charge is -2.22.